The van der Waals surface area contributed by atoms with Gasteiger partial charge in [-0.3, -0.25) is 4.90 Å². The Bertz CT molecular complexity index is 304. The summed E-state index contributed by atoms with van der Waals surface area (Å²) >= 11 is 0. The SMILES string of the molecule is CCCCCN1CC2(CCCC2)NCC1(C)C1CC1. The molecule has 0 aromatic rings. The van der Waals surface area contributed by atoms with Crippen molar-refractivity contribution in [3.63, 3.8) is 0 Å². The molecule has 2 aliphatic carbocycles. The summed E-state index contributed by atoms with van der Waals surface area (Å²) in [5.41, 5.74) is 0.947. The minimum atomic E-state index is 0.460. The van der Waals surface area contributed by atoms with E-state index in [0.717, 1.165) is 5.92 Å². The Morgan fingerprint density at radius 1 is 1.16 bits per heavy atom. The van der Waals surface area contributed by atoms with Gasteiger partial charge in [-0.25, -0.2) is 0 Å². The molecule has 1 unspecified atom stereocenters. The molecule has 1 saturated heterocycles. The van der Waals surface area contributed by atoms with Crippen LogP contribution in [0.5, 0.6) is 0 Å². The van der Waals surface area contributed by atoms with Crippen LogP contribution >= 0.6 is 0 Å². The average molecular weight is 264 g/mol. The normalized spacial score (nSPS) is 35.1. The Hall–Kier alpha value is -0.0800. The van der Waals surface area contributed by atoms with Gasteiger partial charge in [0.15, 0.2) is 0 Å². The van der Waals surface area contributed by atoms with E-state index in [0.29, 0.717) is 11.1 Å². The lowest BCUT2D eigenvalue weighted by molar-refractivity contribution is 0.00159. The minimum Gasteiger partial charge on any atom is -0.308 e. The van der Waals surface area contributed by atoms with Crippen LogP contribution in [0.25, 0.3) is 0 Å². The van der Waals surface area contributed by atoms with Crippen LogP contribution in [-0.4, -0.2) is 35.6 Å². The molecule has 3 fully saturated rings. The molecule has 2 nitrogen and oxygen atoms in total. The first-order chi connectivity index (χ1) is 9.19. The highest BCUT2D eigenvalue weighted by molar-refractivity contribution is 5.10. The Labute approximate surface area is 119 Å². The molecule has 2 heteroatoms. The largest absolute Gasteiger partial charge is 0.308 e. The minimum absolute atomic E-state index is 0.460. The Morgan fingerprint density at radius 3 is 2.53 bits per heavy atom. The number of unbranched alkanes of at least 4 members (excludes halogenated alkanes) is 2. The fourth-order valence-electron chi connectivity index (χ4n) is 4.46. The second-order valence-electron chi connectivity index (χ2n) is 7.60. The molecule has 19 heavy (non-hydrogen) atoms. The van der Waals surface area contributed by atoms with Crippen molar-refractivity contribution < 1.29 is 0 Å². The summed E-state index contributed by atoms with van der Waals surface area (Å²) in [5, 5.41) is 3.99. The van der Waals surface area contributed by atoms with Gasteiger partial charge in [-0.15, -0.1) is 0 Å². The quantitative estimate of drug-likeness (QED) is 0.764. The molecule has 0 aromatic heterocycles. The van der Waals surface area contributed by atoms with Crippen LogP contribution in [0, 0.1) is 5.92 Å². The van der Waals surface area contributed by atoms with Gasteiger partial charge in [0, 0.05) is 24.2 Å². The first-order valence-electron chi connectivity index (χ1n) is 8.69. The third-order valence-electron chi connectivity index (χ3n) is 6.09. The summed E-state index contributed by atoms with van der Waals surface area (Å²) in [6.07, 6.45) is 12.8. The van der Waals surface area contributed by atoms with E-state index in [2.05, 4.69) is 24.1 Å². The van der Waals surface area contributed by atoms with Crippen molar-refractivity contribution in [1.29, 1.82) is 0 Å². The summed E-state index contributed by atoms with van der Waals surface area (Å²) in [6.45, 7) is 8.75. The molecular formula is C17H32N2. The lowest BCUT2D eigenvalue weighted by Crippen LogP contribution is -2.69. The molecule has 0 aromatic carbocycles. The van der Waals surface area contributed by atoms with Gasteiger partial charge < -0.3 is 5.32 Å². The van der Waals surface area contributed by atoms with Gasteiger partial charge in [0.25, 0.3) is 0 Å². The van der Waals surface area contributed by atoms with Crippen LogP contribution < -0.4 is 5.32 Å². The maximum Gasteiger partial charge on any atom is 0.0334 e. The van der Waals surface area contributed by atoms with Gasteiger partial charge in [0.1, 0.15) is 0 Å². The van der Waals surface area contributed by atoms with Crippen molar-refractivity contribution in [2.24, 2.45) is 5.92 Å². The second kappa shape index (κ2) is 5.37. The number of hydrogen-bond donors (Lipinski definition) is 1. The summed E-state index contributed by atoms with van der Waals surface area (Å²) < 4.78 is 0. The topological polar surface area (TPSA) is 15.3 Å². The molecule has 3 rings (SSSR count). The second-order valence-corrected chi connectivity index (χ2v) is 7.60. The smallest absolute Gasteiger partial charge is 0.0334 e. The summed E-state index contributed by atoms with van der Waals surface area (Å²) in [7, 11) is 0. The number of nitrogens with one attached hydrogen (secondary N) is 1. The maximum atomic E-state index is 3.99. The molecule has 1 aliphatic heterocycles. The Kier molecular flexibility index (Phi) is 3.92. The van der Waals surface area contributed by atoms with Crippen molar-refractivity contribution in [2.75, 3.05) is 19.6 Å². The van der Waals surface area contributed by atoms with E-state index in [1.165, 1.54) is 77.4 Å². The van der Waals surface area contributed by atoms with E-state index in [1.807, 2.05) is 0 Å². The number of hydrogen-bond acceptors (Lipinski definition) is 2. The van der Waals surface area contributed by atoms with Gasteiger partial charge >= 0.3 is 0 Å². The molecule has 0 amide bonds. The van der Waals surface area contributed by atoms with Gasteiger partial charge in [-0.05, 0) is 51.5 Å². The zero-order valence-corrected chi connectivity index (χ0v) is 13.0. The van der Waals surface area contributed by atoms with E-state index in [1.54, 1.807) is 0 Å². The highest BCUT2D eigenvalue weighted by Gasteiger charge is 2.51. The van der Waals surface area contributed by atoms with Crippen LogP contribution in [0.4, 0.5) is 0 Å². The predicted octanol–water partition coefficient (Wildman–Crippen LogP) is 3.56. The number of piperazine rings is 1. The monoisotopic (exact) mass is 264 g/mol. The molecule has 110 valence electrons. The Balaban J connectivity index is 1.68. The van der Waals surface area contributed by atoms with E-state index in [4.69, 9.17) is 0 Å². The lowest BCUT2D eigenvalue weighted by atomic mass is 9.83. The molecule has 1 heterocycles. The van der Waals surface area contributed by atoms with Gasteiger partial charge in [-0.1, -0.05) is 32.6 Å². The zero-order chi connectivity index (χ0) is 13.3. The molecular weight excluding hydrogens is 232 g/mol. The van der Waals surface area contributed by atoms with Crippen molar-refractivity contribution in [1.82, 2.24) is 10.2 Å². The number of rotatable bonds is 5. The van der Waals surface area contributed by atoms with Crippen molar-refractivity contribution in [3.8, 4) is 0 Å². The third-order valence-corrected chi connectivity index (χ3v) is 6.09. The van der Waals surface area contributed by atoms with E-state index in [9.17, 15) is 0 Å². The average Bonchev–Trinajstić information content (AvgIpc) is 3.17. The van der Waals surface area contributed by atoms with Crippen LogP contribution in [0.15, 0.2) is 0 Å². The molecule has 1 N–H and O–H groups in total. The fourth-order valence-corrected chi connectivity index (χ4v) is 4.46. The number of nitrogens with zero attached hydrogens (tertiary/aromatic N) is 1. The van der Waals surface area contributed by atoms with E-state index in [-0.39, 0.29) is 0 Å². The standard InChI is InChI=1S/C17H32N2/c1-3-4-7-12-19-14-17(10-5-6-11-17)18-13-16(19,2)15-8-9-15/h15,18H,3-14H2,1-2H3. The van der Waals surface area contributed by atoms with Crippen molar-refractivity contribution in [2.45, 2.75) is 82.7 Å². The summed E-state index contributed by atoms with van der Waals surface area (Å²) in [5.74, 6) is 0.973. The summed E-state index contributed by atoms with van der Waals surface area (Å²) in [4.78, 5) is 2.89. The first-order valence-corrected chi connectivity index (χ1v) is 8.69. The highest BCUT2D eigenvalue weighted by Crippen LogP contribution is 2.46. The van der Waals surface area contributed by atoms with Gasteiger partial charge in [-0.2, -0.15) is 0 Å². The van der Waals surface area contributed by atoms with Crippen LogP contribution in [0.1, 0.15) is 71.6 Å². The lowest BCUT2D eigenvalue weighted by Gasteiger charge is -2.53. The predicted molar refractivity (Wildman–Crippen MR) is 81.4 cm³/mol. The van der Waals surface area contributed by atoms with E-state index < -0.39 is 0 Å². The zero-order valence-electron chi connectivity index (χ0n) is 13.0. The molecule has 0 radical (unpaired) electrons. The van der Waals surface area contributed by atoms with Crippen LogP contribution in [-0.2, 0) is 0 Å². The fraction of sp³-hybridized carbons (Fsp3) is 1.00. The van der Waals surface area contributed by atoms with Gasteiger partial charge in [0.05, 0.1) is 0 Å². The molecule has 3 aliphatic rings. The molecule has 1 spiro atoms. The highest BCUT2D eigenvalue weighted by atomic mass is 15.3. The summed E-state index contributed by atoms with van der Waals surface area (Å²) in [6, 6.07) is 0. The molecule has 1 atom stereocenters. The third kappa shape index (κ3) is 2.71. The van der Waals surface area contributed by atoms with Crippen molar-refractivity contribution >= 4 is 0 Å². The van der Waals surface area contributed by atoms with Crippen molar-refractivity contribution in [3.05, 3.63) is 0 Å². The first kappa shape index (κ1) is 13.9. The maximum absolute atomic E-state index is 3.99. The Morgan fingerprint density at radius 2 is 1.89 bits per heavy atom. The van der Waals surface area contributed by atoms with Crippen LogP contribution in [0.2, 0.25) is 0 Å². The van der Waals surface area contributed by atoms with E-state index >= 15 is 0 Å². The van der Waals surface area contributed by atoms with Gasteiger partial charge in [0.2, 0.25) is 0 Å². The van der Waals surface area contributed by atoms with Crippen LogP contribution in [0.3, 0.4) is 0 Å². The molecule has 2 saturated carbocycles. The molecule has 0 bridgehead atoms.